The molecule has 0 radical (unpaired) electrons. The van der Waals surface area contributed by atoms with Gasteiger partial charge in [0.25, 0.3) is 5.56 Å². The van der Waals surface area contributed by atoms with Gasteiger partial charge in [-0.1, -0.05) is 0 Å². The Morgan fingerprint density at radius 3 is 2.41 bits per heavy atom. The molecule has 1 aliphatic heterocycles. The molecule has 10 nitrogen and oxygen atoms in total. The van der Waals surface area contributed by atoms with Gasteiger partial charge in [-0.05, 0) is 6.42 Å². The van der Waals surface area contributed by atoms with Gasteiger partial charge < -0.3 is 21.4 Å². The second-order valence-electron chi connectivity index (χ2n) is 4.93. The van der Waals surface area contributed by atoms with E-state index in [4.69, 9.17) is 5.73 Å². The number of hydrogen-bond donors (Lipinski definition) is 2. The normalized spacial score (nSPS) is 13.9. The van der Waals surface area contributed by atoms with E-state index in [0.29, 0.717) is 13.0 Å². The lowest BCUT2D eigenvalue weighted by molar-refractivity contribution is -0.131. The molecule has 0 saturated carbocycles. The molecule has 1 aliphatic rings. The molecule has 5 N–H and O–H groups in total. The van der Waals surface area contributed by atoms with Crippen LogP contribution in [-0.2, 0) is 23.7 Å². The zero-order valence-electron chi connectivity index (χ0n) is 12.4. The zero-order valence-corrected chi connectivity index (χ0v) is 12.4. The third-order valence-electron chi connectivity index (χ3n) is 3.48. The van der Waals surface area contributed by atoms with Crippen molar-refractivity contribution in [1.82, 2.24) is 14.0 Å². The number of nitrogen functional groups attached to an aromatic ring is 1. The topological polar surface area (TPSA) is 151 Å². The Morgan fingerprint density at radius 1 is 1.23 bits per heavy atom. The Hall–Kier alpha value is -2.62. The first-order valence-corrected chi connectivity index (χ1v) is 6.46. The smallest absolute Gasteiger partial charge is 0.332 e. The molecule has 0 bridgehead atoms. The van der Waals surface area contributed by atoms with Gasteiger partial charge in [0, 0.05) is 27.1 Å². The van der Waals surface area contributed by atoms with Crippen molar-refractivity contribution in [1.29, 1.82) is 0 Å². The Kier molecular flexibility index (Phi) is 5.10. The summed E-state index contributed by atoms with van der Waals surface area (Å²) in [6.07, 6.45) is 1.15. The van der Waals surface area contributed by atoms with Crippen LogP contribution in [0.2, 0.25) is 0 Å². The van der Waals surface area contributed by atoms with E-state index in [1.165, 1.54) is 19.0 Å². The van der Waals surface area contributed by atoms with E-state index in [-0.39, 0.29) is 29.4 Å². The van der Waals surface area contributed by atoms with Crippen LogP contribution in [0.3, 0.4) is 0 Å². The van der Waals surface area contributed by atoms with Crippen LogP contribution in [0.1, 0.15) is 12.8 Å². The maximum Gasteiger partial charge on any atom is 0.332 e. The minimum atomic E-state index is -0.684. The van der Waals surface area contributed by atoms with E-state index < -0.39 is 17.2 Å². The summed E-state index contributed by atoms with van der Waals surface area (Å²) >= 11 is 0. The molecule has 2 heterocycles. The van der Waals surface area contributed by atoms with Gasteiger partial charge in [0.15, 0.2) is 0 Å². The van der Waals surface area contributed by atoms with Gasteiger partial charge in [-0.15, -0.1) is 0 Å². The fourth-order valence-electron chi connectivity index (χ4n) is 2.20. The largest absolute Gasteiger partial charge is 0.412 e. The van der Waals surface area contributed by atoms with E-state index in [0.717, 1.165) is 15.6 Å². The van der Waals surface area contributed by atoms with Crippen LogP contribution in [0.15, 0.2) is 9.59 Å². The third-order valence-corrected chi connectivity index (χ3v) is 3.48. The summed E-state index contributed by atoms with van der Waals surface area (Å²) in [7, 11) is 2.69. The maximum atomic E-state index is 12.0. The van der Waals surface area contributed by atoms with Crippen molar-refractivity contribution in [2.24, 2.45) is 14.1 Å². The van der Waals surface area contributed by atoms with Crippen LogP contribution in [0.5, 0.6) is 0 Å². The number of nitrogens with zero attached hydrogens (tertiary/aromatic N) is 3. The van der Waals surface area contributed by atoms with Crippen molar-refractivity contribution in [3.05, 3.63) is 20.8 Å². The number of aromatic nitrogens is 2. The van der Waals surface area contributed by atoms with Gasteiger partial charge in [-0.2, -0.15) is 0 Å². The Morgan fingerprint density at radius 2 is 1.86 bits per heavy atom. The highest BCUT2D eigenvalue weighted by atomic mass is 16.2. The molecule has 0 atom stereocenters. The lowest BCUT2D eigenvalue weighted by atomic mass is 10.4. The van der Waals surface area contributed by atoms with Gasteiger partial charge >= 0.3 is 5.69 Å². The van der Waals surface area contributed by atoms with Crippen LogP contribution in [-0.4, -0.2) is 44.4 Å². The minimum Gasteiger partial charge on any atom is -0.412 e. The van der Waals surface area contributed by atoms with Crippen LogP contribution in [0.4, 0.5) is 11.5 Å². The molecule has 0 spiro atoms. The summed E-state index contributed by atoms with van der Waals surface area (Å²) < 4.78 is 1.92. The monoisotopic (exact) mass is 313 g/mol. The molecule has 0 aliphatic carbocycles. The number of hydrogen-bond acceptors (Lipinski definition) is 5. The lowest BCUT2D eigenvalue weighted by Gasteiger charge is -2.16. The Labute approximate surface area is 125 Å². The van der Waals surface area contributed by atoms with Crippen molar-refractivity contribution >= 4 is 23.3 Å². The predicted molar refractivity (Wildman–Crippen MR) is 79.4 cm³/mol. The highest BCUT2D eigenvalue weighted by Crippen LogP contribution is 2.11. The minimum absolute atomic E-state index is 0. The average molecular weight is 313 g/mol. The second kappa shape index (κ2) is 6.43. The molecule has 22 heavy (non-hydrogen) atoms. The molecule has 1 saturated heterocycles. The highest BCUT2D eigenvalue weighted by molar-refractivity contribution is 5.96. The van der Waals surface area contributed by atoms with Gasteiger partial charge in [-0.3, -0.25) is 23.5 Å². The number of carbonyl (C=O) groups is 2. The van der Waals surface area contributed by atoms with Gasteiger partial charge in [0.2, 0.25) is 11.8 Å². The molecule has 0 aromatic carbocycles. The van der Waals surface area contributed by atoms with E-state index >= 15 is 0 Å². The third kappa shape index (κ3) is 3.01. The average Bonchev–Trinajstić information content (AvgIpc) is 2.84. The molecular weight excluding hydrogens is 294 g/mol. The maximum absolute atomic E-state index is 12.0. The molecule has 10 heteroatoms. The van der Waals surface area contributed by atoms with Crippen LogP contribution in [0, 0.1) is 0 Å². The predicted octanol–water partition coefficient (Wildman–Crippen LogP) is -2.60. The van der Waals surface area contributed by atoms with Crippen molar-refractivity contribution < 1.29 is 15.1 Å². The zero-order chi connectivity index (χ0) is 15.7. The molecule has 1 fully saturated rings. The second-order valence-corrected chi connectivity index (χ2v) is 4.93. The number of likely N-dealkylation sites (tertiary alicyclic amines) is 1. The summed E-state index contributed by atoms with van der Waals surface area (Å²) in [6, 6.07) is 0. The van der Waals surface area contributed by atoms with Crippen LogP contribution in [0.25, 0.3) is 0 Å². The fraction of sp³-hybridized carbons (Fsp3) is 0.500. The summed E-state index contributed by atoms with van der Waals surface area (Å²) in [4.78, 5) is 48.4. The molecule has 1 aromatic rings. The lowest BCUT2D eigenvalue weighted by Crippen LogP contribution is -2.41. The van der Waals surface area contributed by atoms with Gasteiger partial charge in [0.1, 0.15) is 11.5 Å². The van der Waals surface area contributed by atoms with Crippen LogP contribution < -0.4 is 22.3 Å². The number of rotatable bonds is 3. The molecule has 1 aromatic heterocycles. The molecule has 122 valence electrons. The highest BCUT2D eigenvalue weighted by Gasteiger charge is 2.23. The van der Waals surface area contributed by atoms with E-state index in [2.05, 4.69) is 5.32 Å². The van der Waals surface area contributed by atoms with Crippen molar-refractivity contribution in [2.45, 2.75) is 12.8 Å². The first-order chi connectivity index (χ1) is 9.82. The van der Waals surface area contributed by atoms with Crippen molar-refractivity contribution in [2.75, 3.05) is 24.1 Å². The van der Waals surface area contributed by atoms with E-state index in [1.54, 1.807) is 0 Å². The molecule has 2 rings (SSSR count). The first-order valence-electron chi connectivity index (χ1n) is 6.46. The van der Waals surface area contributed by atoms with Crippen LogP contribution >= 0.6 is 0 Å². The summed E-state index contributed by atoms with van der Waals surface area (Å²) in [5, 5.41) is 2.38. The van der Waals surface area contributed by atoms with E-state index in [1.807, 2.05) is 0 Å². The quantitative estimate of drug-likeness (QED) is 0.627. The number of nitrogens with one attached hydrogen (secondary N) is 1. The van der Waals surface area contributed by atoms with E-state index in [9.17, 15) is 19.2 Å². The molecular formula is C12H19N5O5. The fourth-order valence-corrected chi connectivity index (χ4v) is 2.20. The van der Waals surface area contributed by atoms with Gasteiger partial charge in [-0.25, -0.2) is 4.79 Å². The number of nitrogens with two attached hydrogens (primary N) is 1. The molecule has 0 unspecified atom stereocenters. The van der Waals surface area contributed by atoms with Crippen molar-refractivity contribution in [3.8, 4) is 0 Å². The number of anilines is 2. The first kappa shape index (κ1) is 17.4. The summed E-state index contributed by atoms with van der Waals surface area (Å²) in [6.45, 7) is 0.386. The standard InChI is InChI=1S/C12H17N5O4.H2O/c1-15-10(13)9(11(20)16(2)12(15)21)14-7(18)6-17-5-3-4-8(17)19;/h3-6,13H2,1-2H3,(H,14,18);1H2. The summed E-state index contributed by atoms with van der Waals surface area (Å²) in [5.41, 5.74) is 4.27. The Bertz CT molecular complexity index is 720. The number of amides is 2. The van der Waals surface area contributed by atoms with Crippen molar-refractivity contribution in [3.63, 3.8) is 0 Å². The SMILES string of the molecule is Cn1c(N)c(NC(=O)CN2CCCC2=O)c(=O)n(C)c1=O.O. The molecule has 2 amide bonds. The summed E-state index contributed by atoms with van der Waals surface area (Å²) in [5.74, 6) is -0.733. The Balaban J connectivity index is 0.00000242. The number of carbonyl (C=O) groups excluding carboxylic acids is 2. The van der Waals surface area contributed by atoms with Gasteiger partial charge in [0.05, 0.1) is 6.54 Å².